The molecule has 1 saturated carbocycles. The van der Waals surface area contributed by atoms with Crippen molar-refractivity contribution in [2.75, 3.05) is 5.73 Å². The summed E-state index contributed by atoms with van der Waals surface area (Å²) < 4.78 is 1.97. The summed E-state index contributed by atoms with van der Waals surface area (Å²) in [6, 6.07) is 4.11. The lowest BCUT2D eigenvalue weighted by Crippen LogP contribution is -2.34. The molecule has 3 N–H and O–H groups in total. The number of nitrogens with two attached hydrogens (primary N) is 1. The van der Waals surface area contributed by atoms with Crippen LogP contribution in [0.25, 0.3) is 11.2 Å². The average Bonchev–Trinajstić information content (AvgIpc) is 3.18. The Morgan fingerprint density at radius 2 is 2.33 bits per heavy atom. The fourth-order valence-corrected chi connectivity index (χ4v) is 4.29. The van der Waals surface area contributed by atoms with Crippen LogP contribution in [0.4, 0.5) is 5.82 Å². The first-order chi connectivity index (χ1) is 11.5. The predicted octanol–water partition coefficient (Wildman–Crippen LogP) is 2.92. The van der Waals surface area contributed by atoms with Gasteiger partial charge in [-0.15, -0.1) is 11.3 Å². The Balaban J connectivity index is 1.77. The molecule has 24 heavy (non-hydrogen) atoms. The molecular formula is C17H21N5OS. The van der Waals surface area contributed by atoms with E-state index in [-0.39, 0.29) is 0 Å². The van der Waals surface area contributed by atoms with E-state index in [2.05, 4.69) is 33.3 Å². The molecule has 1 aliphatic rings. The summed E-state index contributed by atoms with van der Waals surface area (Å²) in [5.41, 5.74) is 6.41. The molecule has 3 heterocycles. The number of nitrogens with zero attached hydrogens (tertiary/aromatic N) is 4. The minimum absolute atomic E-state index is 0.339. The van der Waals surface area contributed by atoms with Gasteiger partial charge in [-0.1, -0.05) is 19.4 Å². The summed E-state index contributed by atoms with van der Waals surface area (Å²) in [5, 5.41) is 13.1. The van der Waals surface area contributed by atoms with Crippen LogP contribution in [0.15, 0.2) is 23.8 Å². The van der Waals surface area contributed by atoms with Gasteiger partial charge in [-0.3, -0.25) is 0 Å². The van der Waals surface area contributed by atoms with Gasteiger partial charge in [0.15, 0.2) is 17.3 Å². The number of rotatable bonds is 3. The van der Waals surface area contributed by atoms with E-state index in [4.69, 9.17) is 5.73 Å². The van der Waals surface area contributed by atoms with Crippen molar-refractivity contribution < 1.29 is 5.11 Å². The summed E-state index contributed by atoms with van der Waals surface area (Å²) in [4.78, 5) is 14.6. The molecule has 0 bridgehead atoms. The van der Waals surface area contributed by atoms with E-state index in [0.29, 0.717) is 48.1 Å². The van der Waals surface area contributed by atoms with Crippen molar-refractivity contribution in [3.63, 3.8) is 0 Å². The smallest absolute Gasteiger partial charge is 0.166 e. The van der Waals surface area contributed by atoms with Crippen molar-refractivity contribution >= 4 is 28.3 Å². The average molecular weight is 343 g/mol. The van der Waals surface area contributed by atoms with Crippen molar-refractivity contribution in [3.05, 3.63) is 34.5 Å². The number of nitrogen functional groups attached to an aromatic ring is 1. The minimum Gasteiger partial charge on any atom is -0.382 e. The highest BCUT2D eigenvalue weighted by molar-refractivity contribution is 7.09. The van der Waals surface area contributed by atoms with E-state index in [1.807, 2.05) is 10.6 Å². The second-order valence-corrected chi connectivity index (χ2v) is 7.82. The second kappa shape index (κ2) is 5.82. The molecule has 126 valence electrons. The molecule has 2 atom stereocenters. The lowest BCUT2D eigenvalue weighted by Gasteiger charge is -2.34. The third-order valence-electron chi connectivity index (χ3n) is 4.79. The topological polar surface area (TPSA) is 89.9 Å². The van der Waals surface area contributed by atoms with Gasteiger partial charge in [0.1, 0.15) is 11.1 Å². The Kier molecular flexibility index (Phi) is 3.77. The molecule has 7 heteroatoms. The standard InChI is InChI=1S/C17H21N5OS/c1-11-4-2-6-17(23,8-11)16-20-14(18)13-15(21-16)22(10-19-13)9-12-5-3-7-24-12/h3,5,7,10-11,23H,2,4,6,8-9H2,1H3,(H2,18,20,21)/t11-,17+/m1/s1. The van der Waals surface area contributed by atoms with Crippen LogP contribution in [0.3, 0.4) is 0 Å². The molecule has 6 nitrogen and oxygen atoms in total. The highest BCUT2D eigenvalue weighted by Crippen LogP contribution is 2.39. The summed E-state index contributed by atoms with van der Waals surface area (Å²) >= 11 is 1.69. The van der Waals surface area contributed by atoms with E-state index in [0.717, 1.165) is 12.8 Å². The molecule has 3 aromatic rings. The Hall–Kier alpha value is -1.99. The van der Waals surface area contributed by atoms with Gasteiger partial charge >= 0.3 is 0 Å². The first-order valence-corrected chi connectivity index (χ1v) is 9.17. The van der Waals surface area contributed by atoms with Crippen LogP contribution < -0.4 is 5.73 Å². The number of thiophene rings is 1. The zero-order valence-electron chi connectivity index (χ0n) is 13.6. The van der Waals surface area contributed by atoms with Crippen molar-refractivity contribution in [1.29, 1.82) is 0 Å². The largest absolute Gasteiger partial charge is 0.382 e. The van der Waals surface area contributed by atoms with Gasteiger partial charge in [0.2, 0.25) is 0 Å². The Labute approximate surface area is 144 Å². The lowest BCUT2D eigenvalue weighted by molar-refractivity contribution is -0.0252. The van der Waals surface area contributed by atoms with E-state index in [1.54, 1.807) is 17.7 Å². The number of anilines is 1. The maximum absolute atomic E-state index is 11.1. The first kappa shape index (κ1) is 15.5. The summed E-state index contributed by atoms with van der Waals surface area (Å²) in [7, 11) is 0. The number of hydrogen-bond acceptors (Lipinski definition) is 6. The van der Waals surface area contributed by atoms with Crippen molar-refractivity contribution in [3.8, 4) is 0 Å². The number of fused-ring (bicyclic) bond motifs is 1. The van der Waals surface area contributed by atoms with E-state index < -0.39 is 5.60 Å². The minimum atomic E-state index is -0.988. The normalized spacial score (nSPS) is 24.5. The second-order valence-electron chi connectivity index (χ2n) is 6.79. The van der Waals surface area contributed by atoms with E-state index >= 15 is 0 Å². The highest BCUT2D eigenvalue weighted by atomic mass is 32.1. The molecule has 0 aliphatic heterocycles. The third kappa shape index (κ3) is 2.67. The van der Waals surface area contributed by atoms with E-state index in [9.17, 15) is 5.11 Å². The van der Waals surface area contributed by atoms with Gasteiger partial charge in [-0.2, -0.15) is 0 Å². The third-order valence-corrected chi connectivity index (χ3v) is 5.65. The van der Waals surface area contributed by atoms with Gasteiger partial charge < -0.3 is 15.4 Å². The Morgan fingerprint density at radius 3 is 3.08 bits per heavy atom. The summed E-state index contributed by atoms with van der Waals surface area (Å²) in [6.07, 6.45) is 5.22. The van der Waals surface area contributed by atoms with Crippen LogP contribution in [-0.2, 0) is 12.1 Å². The van der Waals surface area contributed by atoms with Gasteiger partial charge in [-0.05, 0) is 36.6 Å². The molecule has 3 aromatic heterocycles. The van der Waals surface area contributed by atoms with Gasteiger partial charge in [0, 0.05) is 4.88 Å². The molecule has 0 unspecified atom stereocenters. The van der Waals surface area contributed by atoms with E-state index in [1.165, 1.54) is 4.88 Å². The molecular weight excluding hydrogens is 322 g/mol. The highest BCUT2D eigenvalue weighted by Gasteiger charge is 2.37. The fourth-order valence-electron chi connectivity index (χ4n) is 3.59. The summed E-state index contributed by atoms with van der Waals surface area (Å²) in [5.74, 6) is 1.24. The van der Waals surface area contributed by atoms with Crippen molar-refractivity contribution in [2.45, 2.75) is 44.8 Å². The molecule has 0 radical (unpaired) electrons. The Morgan fingerprint density at radius 1 is 1.46 bits per heavy atom. The van der Waals surface area contributed by atoms with Crippen LogP contribution in [0, 0.1) is 5.92 Å². The number of hydrogen-bond donors (Lipinski definition) is 2. The molecule has 0 amide bonds. The number of imidazole rings is 1. The molecule has 0 aromatic carbocycles. The maximum Gasteiger partial charge on any atom is 0.166 e. The van der Waals surface area contributed by atoms with Crippen LogP contribution in [0.1, 0.15) is 43.3 Å². The molecule has 1 aliphatic carbocycles. The molecule has 4 rings (SSSR count). The van der Waals surface area contributed by atoms with Gasteiger partial charge in [-0.25, -0.2) is 15.0 Å². The quantitative estimate of drug-likeness (QED) is 0.763. The van der Waals surface area contributed by atoms with Crippen LogP contribution in [0.2, 0.25) is 0 Å². The zero-order valence-corrected chi connectivity index (χ0v) is 14.5. The monoisotopic (exact) mass is 343 g/mol. The van der Waals surface area contributed by atoms with Gasteiger partial charge in [0.05, 0.1) is 12.9 Å². The number of aliphatic hydroxyl groups is 1. The summed E-state index contributed by atoms with van der Waals surface area (Å²) in [6.45, 7) is 2.85. The SMILES string of the molecule is C[C@@H]1CCC[C@@](O)(c2nc(N)c3ncn(Cc4cccs4)c3n2)C1. The molecule has 0 spiro atoms. The molecule has 0 saturated heterocycles. The Bertz CT molecular complexity index is 859. The van der Waals surface area contributed by atoms with Crippen LogP contribution >= 0.6 is 11.3 Å². The maximum atomic E-state index is 11.1. The van der Waals surface area contributed by atoms with Crippen molar-refractivity contribution in [1.82, 2.24) is 19.5 Å². The van der Waals surface area contributed by atoms with Crippen molar-refractivity contribution in [2.24, 2.45) is 5.92 Å². The lowest BCUT2D eigenvalue weighted by atomic mass is 9.78. The fraction of sp³-hybridized carbons (Fsp3) is 0.471. The number of aromatic nitrogens is 4. The predicted molar refractivity (Wildman–Crippen MR) is 94.7 cm³/mol. The van der Waals surface area contributed by atoms with Gasteiger partial charge in [0.25, 0.3) is 0 Å². The van der Waals surface area contributed by atoms with Crippen LogP contribution in [0.5, 0.6) is 0 Å². The zero-order chi connectivity index (χ0) is 16.7. The van der Waals surface area contributed by atoms with Crippen LogP contribution in [-0.4, -0.2) is 24.6 Å². The first-order valence-electron chi connectivity index (χ1n) is 8.29. The molecule has 1 fully saturated rings.